The maximum atomic E-state index is 12.1. The topological polar surface area (TPSA) is 63.8 Å². The lowest BCUT2D eigenvalue weighted by Gasteiger charge is -2.16. The molecule has 0 saturated carbocycles. The lowest BCUT2D eigenvalue weighted by atomic mass is 9.93. The normalized spacial score (nSPS) is 16.0. The highest BCUT2D eigenvalue weighted by atomic mass is 16.5. The first kappa shape index (κ1) is 14.6. The summed E-state index contributed by atoms with van der Waals surface area (Å²) in [6.07, 6.45) is 3.62. The third kappa shape index (κ3) is 2.08. The van der Waals surface area contributed by atoms with Gasteiger partial charge >= 0.3 is 5.97 Å². The van der Waals surface area contributed by atoms with Crippen molar-refractivity contribution in [3.8, 4) is 0 Å². The van der Waals surface area contributed by atoms with E-state index in [1.807, 2.05) is 12.1 Å². The number of oxime groups is 1. The molecular formula is C17H20N2O3. The van der Waals surface area contributed by atoms with Crippen molar-refractivity contribution < 1.29 is 14.7 Å². The van der Waals surface area contributed by atoms with Crippen molar-refractivity contribution in [2.24, 2.45) is 5.16 Å². The van der Waals surface area contributed by atoms with E-state index in [4.69, 9.17) is 4.74 Å². The minimum Gasteiger partial charge on any atom is -0.465 e. The molecule has 0 unspecified atom stereocenters. The number of hydrogen-bond donors (Lipinski definition) is 1. The highest BCUT2D eigenvalue weighted by molar-refractivity contribution is 6.16. The SMILES string of the molecule is CCCn1c2c(c3cccc(C(=O)OC)c31)/C(=N/O)CCC2. The van der Waals surface area contributed by atoms with Crippen LogP contribution in [-0.4, -0.2) is 28.6 Å². The molecule has 0 saturated heterocycles. The molecule has 1 heterocycles. The van der Waals surface area contributed by atoms with Crippen molar-refractivity contribution in [2.45, 2.75) is 39.2 Å². The van der Waals surface area contributed by atoms with E-state index in [9.17, 15) is 10.0 Å². The highest BCUT2D eigenvalue weighted by Crippen LogP contribution is 2.34. The predicted molar refractivity (Wildman–Crippen MR) is 84.8 cm³/mol. The summed E-state index contributed by atoms with van der Waals surface area (Å²) in [6, 6.07) is 5.64. The zero-order valence-electron chi connectivity index (χ0n) is 12.9. The highest BCUT2D eigenvalue weighted by Gasteiger charge is 2.27. The fraction of sp³-hybridized carbons (Fsp3) is 0.412. The molecule has 5 nitrogen and oxygen atoms in total. The summed E-state index contributed by atoms with van der Waals surface area (Å²) in [5.74, 6) is -0.333. The standard InChI is InChI=1S/C17H20N2O3/c1-3-10-19-14-9-5-8-13(18-21)15(14)11-6-4-7-12(16(11)19)17(20)22-2/h4,6-7,21H,3,5,8-10H2,1-2H3/b18-13+. The minimum atomic E-state index is -0.333. The van der Waals surface area contributed by atoms with Crippen molar-refractivity contribution in [1.29, 1.82) is 0 Å². The molecule has 1 aromatic heterocycles. The van der Waals surface area contributed by atoms with Gasteiger partial charge in [0.15, 0.2) is 0 Å². The van der Waals surface area contributed by atoms with Gasteiger partial charge in [-0.1, -0.05) is 24.2 Å². The molecule has 1 aromatic carbocycles. The van der Waals surface area contributed by atoms with Gasteiger partial charge in [0, 0.05) is 23.2 Å². The number of methoxy groups -OCH3 is 1. The molecule has 2 aromatic rings. The molecule has 0 bridgehead atoms. The van der Waals surface area contributed by atoms with Crippen LogP contribution in [0.4, 0.5) is 0 Å². The number of hydrogen-bond acceptors (Lipinski definition) is 4. The molecule has 1 aliphatic rings. The molecular weight excluding hydrogens is 280 g/mol. The van der Waals surface area contributed by atoms with Gasteiger partial charge in [0.1, 0.15) is 0 Å². The molecule has 116 valence electrons. The number of aryl methyl sites for hydroxylation is 1. The van der Waals surface area contributed by atoms with Crippen LogP contribution in [0, 0.1) is 0 Å². The Morgan fingerprint density at radius 3 is 2.91 bits per heavy atom. The Hall–Kier alpha value is -2.30. The first-order valence-corrected chi connectivity index (χ1v) is 7.66. The lowest BCUT2D eigenvalue weighted by molar-refractivity contribution is 0.0602. The van der Waals surface area contributed by atoms with Gasteiger partial charge in [-0.3, -0.25) is 0 Å². The molecule has 0 radical (unpaired) electrons. The van der Waals surface area contributed by atoms with E-state index in [0.29, 0.717) is 11.3 Å². The van der Waals surface area contributed by atoms with Crippen LogP contribution in [0.3, 0.4) is 0 Å². The van der Waals surface area contributed by atoms with Crippen LogP contribution in [0.2, 0.25) is 0 Å². The van der Waals surface area contributed by atoms with Gasteiger partial charge in [0.05, 0.1) is 23.9 Å². The molecule has 1 N–H and O–H groups in total. The van der Waals surface area contributed by atoms with Gasteiger partial charge < -0.3 is 14.5 Å². The number of para-hydroxylation sites is 1. The molecule has 5 heteroatoms. The van der Waals surface area contributed by atoms with E-state index in [2.05, 4.69) is 16.6 Å². The molecule has 0 fully saturated rings. The number of carbonyl (C=O) groups is 1. The van der Waals surface area contributed by atoms with E-state index in [-0.39, 0.29) is 5.97 Å². The number of fused-ring (bicyclic) bond motifs is 3. The van der Waals surface area contributed by atoms with Crippen molar-refractivity contribution in [3.63, 3.8) is 0 Å². The smallest absolute Gasteiger partial charge is 0.340 e. The molecule has 22 heavy (non-hydrogen) atoms. The second-order valence-electron chi connectivity index (χ2n) is 5.57. The number of benzene rings is 1. The Morgan fingerprint density at radius 1 is 1.41 bits per heavy atom. The van der Waals surface area contributed by atoms with Crippen LogP contribution in [0.25, 0.3) is 10.9 Å². The van der Waals surface area contributed by atoms with Gasteiger partial charge in [-0.15, -0.1) is 0 Å². The minimum absolute atomic E-state index is 0.333. The summed E-state index contributed by atoms with van der Waals surface area (Å²) < 4.78 is 7.13. The van der Waals surface area contributed by atoms with Crippen molar-refractivity contribution >= 4 is 22.6 Å². The summed E-state index contributed by atoms with van der Waals surface area (Å²) in [5.41, 5.74) is 4.32. The summed E-state index contributed by atoms with van der Waals surface area (Å²) in [5, 5.41) is 13.8. The van der Waals surface area contributed by atoms with Crippen LogP contribution in [0.1, 0.15) is 47.8 Å². The van der Waals surface area contributed by atoms with Gasteiger partial charge in [-0.2, -0.15) is 0 Å². The van der Waals surface area contributed by atoms with Crippen LogP contribution in [0.5, 0.6) is 0 Å². The fourth-order valence-corrected chi connectivity index (χ4v) is 3.44. The van der Waals surface area contributed by atoms with Crippen LogP contribution in [0.15, 0.2) is 23.4 Å². The fourth-order valence-electron chi connectivity index (χ4n) is 3.44. The number of ether oxygens (including phenoxy) is 1. The largest absolute Gasteiger partial charge is 0.465 e. The third-order valence-corrected chi connectivity index (χ3v) is 4.28. The second kappa shape index (κ2) is 5.83. The number of aromatic nitrogens is 1. The summed E-state index contributed by atoms with van der Waals surface area (Å²) in [4.78, 5) is 12.1. The van der Waals surface area contributed by atoms with Gasteiger partial charge in [0.2, 0.25) is 0 Å². The number of esters is 1. The molecule has 0 atom stereocenters. The zero-order chi connectivity index (χ0) is 15.7. The first-order valence-electron chi connectivity index (χ1n) is 7.66. The van der Waals surface area contributed by atoms with E-state index in [1.165, 1.54) is 7.11 Å². The average Bonchev–Trinajstić information content (AvgIpc) is 2.89. The molecule has 3 rings (SSSR count). The zero-order valence-corrected chi connectivity index (χ0v) is 12.9. The number of rotatable bonds is 3. The Labute approximate surface area is 129 Å². The molecule has 1 aliphatic carbocycles. The number of carbonyl (C=O) groups excluding carboxylic acids is 1. The van der Waals surface area contributed by atoms with E-state index in [0.717, 1.165) is 54.4 Å². The van der Waals surface area contributed by atoms with Crippen LogP contribution >= 0.6 is 0 Å². The van der Waals surface area contributed by atoms with Crippen molar-refractivity contribution in [1.82, 2.24) is 4.57 Å². The maximum absolute atomic E-state index is 12.1. The molecule has 0 spiro atoms. The van der Waals surface area contributed by atoms with Crippen molar-refractivity contribution in [3.05, 3.63) is 35.0 Å². The van der Waals surface area contributed by atoms with E-state index in [1.54, 1.807) is 6.07 Å². The van der Waals surface area contributed by atoms with E-state index < -0.39 is 0 Å². The summed E-state index contributed by atoms with van der Waals surface area (Å²) in [7, 11) is 1.40. The molecule has 0 amide bonds. The van der Waals surface area contributed by atoms with Gasteiger partial charge in [0.25, 0.3) is 0 Å². The lowest BCUT2D eigenvalue weighted by Crippen LogP contribution is -2.14. The average molecular weight is 300 g/mol. The van der Waals surface area contributed by atoms with Gasteiger partial charge in [-0.25, -0.2) is 4.79 Å². The molecule has 0 aliphatic heterocycles. The predicted octanol–water partition coefficient (Wildman–Crippen LogP) is 3.35. The van der Waals surface area contributed by atoms with Crippen LogP contribution in [-0.2, 0) is 17.7 Å². The Kier molecular flexibility index (Phi) is 3.88. The third-order valence-electron chi connectivity index (χ3n) is 4.28. The van der Waals surface area contributed by atoms with Gasteiger partial charge in [-0.05, 0) is 31.7 Å². The Morgan fingerprint density at radius 2 is 2.23 bits per heavy atom. The maximum Gasteiger partial charge on any atom is 0.340 e. The Bertz CT molecular complexity index is 759. The number of nitrogens with zero attached hydrogens (tertiary/aromatic N) is 2. The summed E-state index contributed by atoms with van der Waals surface area (Å²) >= 11 is 0. The van der Waals surface area contributed by atoms with Crippen LogP contribution < -0.4 is 0 Å². The van der Waals surface area contributed by atoms with Crippen molar-refractivity contribution in [2.75, 3.05) is 7.11 Å². The van der Waals surface area contributed by atoms with E-state index >= 15 is 0 Å². The quantitative estimate of drug-likeness (QED) is 0.537. The summed E-state index contributed by atoms with van der Waals surface area (Å²) in [6.45, 7) is 2.95. The second-order valence-corrected chi connectivity index (χ2v) is 5.57. The monoisotopic (exact) mass is 300 g/mol. The Balaban J connectivity index is 2.39. The first-order chi connectivity index (χ1) is 10.7.